The van der Waals surface area contributed by atoms with E-state index >= 15 is 0 Å². The molecule has 9 heteroatoms. The van der Waals surface area contributed by atoms with Crippen LogP contribution in [0.5, 0.6) is 0 Å². The Morgan fingerprint density at radius 3 is 2.00 bits per heavy atom. The maximum absolute atomic E-state index is 11.4. The number of hydrogen-bond donors (Lipinski definition) is 1. The van der Waals surface area contributed by atoms with E-state index in [0.717, 1.165) is 0 Å². The lowest BCUT2D eigenvalue weighted by Crippen LogP contribution is -2.18. The van der Waals surface area contributed by atoms with Gasteiger partial charge in [0.15, 0.2) is 0 Å². The zero-order valence-corrected chi connectivity index (χ0v) is 6.46. The maximum Gasteiger partial charge on any atom is 0.495 e. The number of nitrogens with one attached hydrogen (secondary N) is 1. The maximum atomic E-state index is 11.4. The second-order valence-corrected chi connectivity index (χ2v) is 4.07. The normalized spacial score (nSPS) is 13.5. The van der Waals surface area contributed by atoms with Crippen LogP contribution in [0.3, 0.4) is 0 Å². The molecule has 0 aliphatic heterocycles. The van der Waals surface area contributed by atoms with E-state index in [1.54, 1.807) is 0 Å². The van der Waals surface area contributed by atoms with Crippen molar-refractivity contribution in [3.05, 3.63) is 0 Å². The van der Waals surface area contributed by atoms with Crippen molar-refractivity contribution in [3.63, 3.8) is 0 Å². The summed E-state index contributed by atoms with van der Waals surface area (Å²) in [6.07, 6.45) is 0. The summed E-state index contributed by atoms with van der Waals surface area (Å²) in [5.41, 5.74) is 0. The monoisotopic (exact) mass is 195 g/mol. The molecule has 0 fully saturated rings. The molecule has 0 bridgehead atoms. The Bertz CT molecular complexity index is 242. The lowest BCUT2D eigenvalue weighted by molar-refractivity contribution is 0.390. The molecule has 0 atom stereocenters. The van der Waals surface area contributed by atoms with E-state index in [0.29, 0.717) is 11.6 Å². The second-order valence-electron chi connectivity index (χ2n) is 1.17. The Kier molecular flexibility index (Phi) is 2.90. The standard InChI is InChI=1S/CH4F2NO4PS/c1-8-10(6,7)4-9(2,3)5/h1H3,(H,4,5). The summed E-state index contributed by atoms with van der Waals surface area (Å²) in [5, 5.41) is 0. The van der Waals surface area contributed by atoms with Crippen molar-refractivity contribution in [2.24, 2.45) is 0 Å². The van der Waals surface area contributed by atoms with Crippen molar-refractivity contribution in [2.45, 2.75) is 0 Å². The van der Waals surface area contributed by atoms with Gasteiger partial charge in [-0.25, -0.2) is 4.57 Å². The van der Waals surface area contributed by atoms with Crippen LogP contribution in [0.1, 0.15) is 0 Å². The van der Waals surface area contributed by atoms with Crippen LogP contribution in [-0.4, -0.2) is 15.5 Å². The van der Waals surface area contributed by atoms with E-state index < -0.39 is 18.2 Å². The highest BCUT2D eigenvalue weighted by Gasteiger charge is 2.26. The van der Waals surface area contributed by atoms with Crippen LogP contribution in [0.4, 0.5) is 8.39 Å². The number of hydrogen-bond acceptors (Lipinski definition) is 4. The van der Waals surface area contributed by atoms with Gasteiger partial charge < -0.3 is 0 Å². The predicted molar refractivity (Wildman–Crippen MR) is 28.9 cm³/mol. The molecule has 0 aromatic carbocycles. The Hall–Kier alpha value is -0.0400. The summed E-state index contributed by atoms with van der Waals surface area (Å²) in [4.78, 5) is 0. The van der Waals surface area contributed by atoms with Crippen molar-refractivity contribution < 1.29 is 25.6 Å². The van der Waals surface area contributed by atoms with Crippen molar-refractivity contribution in [1.29, 1.82) is 0 Å². The minimum Gasteiger partial charge on any atom is -0.261 e. The van der Waals surface area contributed by atoms with Crippen molar-refractivity contribution in [3.8, 4) is 0 Å². The molecule has 0 saturated heterocycles. The zero-order chi connectivity index (χ0) is 8.41. The van der Waals surface area contributed by atoms with Crippen molar-refractivity contribution in [1.82, 2.24) is 4.49 Å². The van der Waals surface area contributed by atoms with Crippen LogP contribution in [0.2, 0.25) is 0 Å². The summed E-state index contributed by atoms with van der Waals surface area (Å²) < 4.78 is 56.4. The molecule has 0 aliphatic carbocycles. The molecule has 0 rings (SSSR count). The van der Waals surface area contributed by atoms with Gasteiger partial charge in [0.2, 0.25) is 0 Å². The molecule has 62 valence electrons. The van der Waals surface area contributed by atoms with Crippen LogP contribution in [0.15, 0.2) is 0 Å². The smallest absolute Gasteiger partial charge is 0.261 e. The molecule has 10 heavy (non-hydrogen) atoms. The second kappa shape index (κ2) is 2.91. The minimum atomic E-state index is -5.77. The van der Waals surface area contributed by atoms with Gasteiger partial charge in [-0.2, -0.15) is 8.42 Å². The summed E-state index contributed by atoms with van der Waals surface area (Å²) >= 11 is 0. The molecule has 0 heterocycles. The van der Waals surface area contributed by atoms with E-state index in [1.807, 2.05) is 0 Å². The summed E-state index contributed by atoms with van der Waals surface area (Å²) in [5.74, 6) is 0. The molecule has 0 spiro atoms. The van der Waals surface area contributed by atoms with E-state index in [1.165, 1.54) is 0 Å². The van der Waals surface area contributed by atoms with Gasteiger partial charge in [-0.05, 0) is 0 Å². The minimum absolute atomic E-state index is 0.517. The molecule has 0 unspecified atom stereocenters. The predicted octanol–water partition coefficient (Wildman–Crippen LogP) is 0.514. The molecule has 1 N–H and O–H groups in total. The average molecular weight is 195 g/mol. The quantitative estimate of drug-likeness (QED) is 0.666. The van der Waals surface area contributed by atoms with Gasteiger partial charge in [0.25, 0.3) is 0 Å². The topological polar surface area (TPSA) is 72.5 Å². The van der Waals surface area contributed by atoms with Gasteiger partial charge in [-0.3, -0.25) is 4.18 Å². The van der Waals surface area contributed by atoms with Gasteiger partial charge in [-0.1, -0.05) is 4.49 Å². The van der Waals surface area contributed by atoms with Crippen LogP contribution < -0.4 is 4.49 Å². The van der Waals surface area contributed by atoms with Gasteiger partial charge in [0, 0.05) is 0 Å². The first kappa shape index (κ1) is 9.96. The van der Waals surface area contributed by atoms with Crippen LogP contribution in [0.25, 0.3) is 0 Å². The first-order chi connectivity index (χ1) is 4.27. The molecule has 5 nitrogen and oxygen atoms in total. The Morgan fingerprint density at radius 1 is 1.50 bits per heavy atom. The van der Waals surface area contributed by atoms with E-state index in [2.05, 4.69) is 4.18 Å². The third kappa shape index (κ3) is 4.80. The Labute approximate surface area is 56.3 Å². The van der Waals surface area contributed by atoms with Crippen LogP contribution in [-0.2, 0) is 19.1 Å². The third-order valence-corrected chi connectivity index (χ3v) is 2.62. The highest BCUT2D eigenvalue weighted by atomic mass is 32.2. The van der Waals surface area contributed by atoms with Crippen molar-refractivity contribution >= 4 is 18.2 Å². The van der Waals surface area contributed by atoms with Crippen molar-refractivity contribution in [2.75, 3.05) is 7.11 Å². The molecule has 0 radical (unpaired) electrons. The largest absolute Gasteiger partial charge is 0.495 e. The molecular weight excluding hydrogens is 191 g/mol. The van der Waals surface area contributed by atoms with E-state index in [4.69, 9.17) is 0 Å². The fourth-order valence-corrected chi connectivity index (χ4v) is 1.51. The molecule has 0 amide bonds. The zero-order valence-electron chi connectivity index (χ0n) is 4.74. The molecule has 0 aromatic rings. The molecule has 0 aliphatic rings. The highest BCUT2D eigenvalue weighted by Crippen LogP contribution is 2.44. The SMILES string of the molecule is COS(=O)(=O)NP(=O)(F)F. The lowest BCUT2D eigenvalue weighted by Gasteiger charge is -1.99. The fraction of sp³-hybridized carbons (Fsp3) is 1.00. The van der Waals surface area contributed by atoms with Gasteiger partial charge in [0.05, 0.1) is 7.11 Å². The summed E-state index contributed by atoms with van der Waals surface area (Å²) in [6, 6.07) is 0. The fourth-order valence-electron chi connectivity index (χ4n) is 0.167. The summed E-state index contributed by atoms with van der Waals surface area (Å²) in [6.45, 7) is 0. The van der Waals surface area contributed by atoms with E-state index in [-0.39, 0.29) is 0 Å². The van der Waals surface area contributed by atoms with Gasteiger partial charge in [-0.15, -0.1) is 8.39 Å². The highest BCUT2D eigenvalue weighted by molar-refractivity contribution is 7.90. The third-order valence-electron chi connectivity index (χ3n) is 0.437. The molecular formula is CH4F2NO4PS. The van der Waals surface area contributed by atoms with Gasteiger partial charge in [0.1, 0.15) is 0 Å². The molecule has 0 aromatic heterocycles. The van der Waals surface area contributed by atoms with E-state index in [9.17, 15) is 21.4 Å². The first-order valence-corrected chi connectivity index (χ1v) is 4.75. The average Bonchev–Trinajstić information content (AvgIpc) is 1.60. The number of rotatable bonds is 3. The first-order valence-electron chi connectivity index (χ1n) is 1.86. The van der Waals surface area contributed by atoms with Crippen LogP contribution in [0, 0.1) is 0 Å². The Balaban J connectivity index is 4.33. The van der Waals surface area contributed by atoms with Crippen LogP contribution >= 0.6 is 7.91 Å². The number of halogens is 2. The summed E-state index contributed by atoms with van der Waals surface area (Å²) in [7, 11) is -9.64. The lowest BCUT2D eigenvalue weighted by atomic mass is 11.8. The molecule has 0 saturated carbocycles. The Morgan fingerprint density at radius 2 is 1.90 bits per heavy atom. The van der Waals surface area contributed by atoms with Gasteiger partial charge >= 0.3 is 18.2 Å².